The first kappa shape index (κ1) is 20.2. The van der Waals surface area contributed by atoms with Gasteiger partial charge in [-0.2, -0.15) is 5.26 Å². The van der Waals surface area contributed by atoms with Gasteiger partial charge >= 0.3 is 0 Å². The lowest BCUT2D eigenvalue weighted by Crippen LogP contribution is -2.23. The van der Waals surface area contributed by atoms with Gasteiger partial charge in [0.15, 0.2) is 0 Å². The molecule has 0 spiro atoms. The van der Waals surface area contributed by atoms with E-state index in [2.05, 4.69) is 23.5 Å². The molecule has 6 heteroatoms. The SMILES string of the molecule is N#Cc1ccc(CNC(c2ccc(Cl)c(Cl)c2)c2ccc(C3CC3)cn2)cc1Cl. The van der Waals surface area contributed by atoms with Gasteiger partial charge in [-0.25, -0.2) is 0 Å². The minimum atomic E-state index is -0.160. The van der Waals surface area contributed by atoms with Crippen LogP contribution in [0, 0.1) is 11.3 Å². The summed E-state index contributed by atoms with van der Waals surface area (Å²) in [5.74, 6) is 0.661. The third-order valence-electron chi connectivity index (χ3n) is 5.10. The summed E-state index contributed by atoms with van der Waals surface area (Å²) in [6.07, 6.45) is 4.46. The molecular formula is C23H18Cl3N3. The van der Waals surface area contributed by atoms with Crippen molar-refractivity contribution < 1.29 is 0 Å². The lowest BCUT2D eigenvalue weighted by atomic mass is 10.0. The fourth-order valence-electron chi connectivity index (χ4n) is 3.31. The summed E-state index contributed by atoms with van der Waals surface area (Å²) < 4.78 is 0. The van der Waals surface area contributed by atoms with E-state index < -0.39 is 0 Å². The largest absolute Gasteiger partial charge is 0.301 e. The maximum absolute atomic E-state index is 9.06. The second-order valence-electron chi connectivity index (χ2n) is 7.20. The van der Waals surface area contributed by atoms with Gasteiger partial charge in [0.1, 0.15) is 6.07 Å². The van der Waals surface area contributed by atoms with Crippen LogP contribution in [0.5, 0.6) is 0 Å². The minimum absolute atomic E-state index is 0.160. The Hall–Kier alpha value is -2.09. The van der Waals surface area contributed by atoms with Gasteiger partial charge < -0.3 is 5.32 Å². The van der Waals surface area contributed by atoms with Gasteiger partial charge in [-0.1, -0.05) is 53.0 Å². The molecule has 4 rings (SSSR count). The van der Waals surface area contributed by atoms with Crippen LogP contribution in [0.25, 0.3) is 0 Å². The molecular weight excluding hydrogens is 425 g/mol. The number of nitriles is 1. The van der Waals surface area contributed by atoms with E-state index in [9.17, 15) is 0 Å². The van der Waals surface area contributed by atoms with Gasteiger partial charge in [0, 0.05) is 12.7 Å². The Bertz CT molecular complexity index is 1070. The summed E-state index contributed by atoms with van der Waals surface area (Å²) in [5, 5.41) is 14.1. The van der Waals surface area contributed by atoms with E-state index >= 15 is 0 Å². The summed E-state index contributed by atoms with van der Waals surface area (Å²) >= 11 is 18.5. The molecule has 3 nitrogen and oxygen atoms in total. The molecule has 2 aromatic carbocycles. The smallest absolute Gasteiger partial charge is 0.101 e. The van der Waals surface area contributed by atoms with Gasteiger partial charge in [-0.3, -0.25) is 4.98 Å². The molecule has 0 saturated heterocycles. The van der Waals surface area contributed by atoms with E-state index in [1.165, 1.54) is 18.4 Å². The standard InChI is InChI=1S/C23H18Cl3N3/c24-19-7-5-16(10-21(19)26)23(22-8-6-18(13-28-22)15-3-4-15)29-12-14-1-2-17(11-27)20(25)9-14/h1-2,5-10,13,15,23,29H,3-4,12H2. The molecule has 1 aliphatic rings. The third kappa shape index (κ3) is 4.74. The monoisotopic (exact) mass is 441 g/mol. The van der Waals surface area contributed by atoms with Crippen molar-refractivity contribution in [2.45, 2.75) is 31.3 Å². The van der Waals surface area contributed by atoms with E-state index in [0.717, 1.165) is 16.8 Å². The van der Waals surface area contributed by atoms with Crippen molar-refractivity contribution in [1.29, 1.82) is 5.26 Å². The zero-order valence-electron chi connectivity index (χ0n) is 15.5. The van der Waals surface area contributed by atoms with Crippen LogP contribution in [-0.4, -0.2) is 4.98 Å². The Morgan fingerprint density at radius 1 is 1.00 bits per heavy atom. The molecule has 1 saturated carbocycles. The summed E-state index contributed by atoms with van der Waals surface area (Å²) in [7, 11) is 0. The normalized spacial score (nSPS) is 14.4. The second-order valence-corrected chi connectivity index (χ2v) is 8.43. The zero-order chi connectivity index (χ0) is 20.4. The number of nitrogens with one attached hydrogen (secondary N) is 1. The molecule has 0 aliphatic heterocycles. The van der Waals surface area contributed by atoms with Gasteiger partial charge in [0.05, 0.1) is 32.4 Å². The van der Waals surface area contributed by atoms with Gasteiger partial charge in [-0.15, -0.1) is 0 Å². The van der Waals surface area contributed by atoms with Crippen molar-refractivity contribution in [3.8, 4) is 6.07 Å². The number of hydrogen-bond acceptors (Lipinski definition) is 3. The molecule has 1 heterocycles. The van der Waals surface area contributed by atoms with Crippen LogP contribution < -0.4 is 5.32 Å². The van der Waals surface area contributed by atoms with Gasteiger partial charge in [0.25, 0.3) is 0 Å². The van der Waals surface area contributed by atoms with E-state index in [4.69, 9.17) is 45.0 Å². The molecule has 1 aromatic heterocycles. The predicted molar refractivity (Wildman–Crippen MR) is 118 cm³/mol. The van der Waals surface area contributed by atoms with Gasteiger partial charge in [-0.05, 0) is 65.8 Å². The highest BCUT2D eigenvalue weighted by Crippen LogP contribution is 2.40. The highest BCUT2D eigenvalue weighted by molar-refractivity contribution is 6.42. The minimum Gasteiger partial charge on any atom is -0.301 e. The molecule has 146 valence electrons. The van der Waals surface area contributed by atoms with Crippen LogP contribution in [0.2, 0.25) is 15.1 Å². The van der Waals surface area contributed by atoms with E-state index in [0.29, 0.717) is 33.1 Å². The van der Waals surface area contributed by atoms with E-state index in [1.54, 1.807) is 12.1 Å². The topological polar surface area (TPSA) is 48.7 Å². The lowest BCUT2D eigenvalue weighted by Gasteiger charge is -2.20. The van der Waals surface area contributed by atoms with Crippen molar-refractivity contribution >= 4 is 34.8 Å². The summed E-state index contributed by atoms with van der Waals surface area (Å²) in [6.45, 7) is 0.558. The molecule has 1 unspecified atom stereocenters. The maximum atomic E-state index is 9.06. The average Bonchev–Trinajstić information content (AvgIpc) is 3.57. The molecule has 3 aromatic rings. The Labute approximate surface area is 185 Å². The van der Waals surface area contributed by atoms with Crippen LogP contribution >= 0.6 is 34.8 Å². The first-order valence-corrected chi connectivity index (χ1v) is 10.5. The van der Waals surface area contributed by atoms with Crippen LogP contribution in [0.15, 0.2) is 54.7 Å². The quantitative estimate of drug-likeness (QED) is 0.464. The van der Waals surface area contributed by atoms with E-state index in [-0.39, 0.29) is 6.04 Å². The van der Waals surface area contributed by atoms with Crippen molar-refractivity contribution in [1.82, 2.24) is 10.3 Å². The Morgan fingerprint density at radius 2 is 1.83 bits per heavy atom. The number of hydrogen-bond donors (Lipinski definition) is 1. The Balaban J connectivity index is 1.61. The molecule has 29 heavy (non-hydrogen) atoms. The van der Waals surface area contributed by atoms with Gasteiger partial charge in [0.2, 0.25) is 0 Å². The van der Waals surface area contributed by atoms with Crippen LogP contribution in [0.1, 0.15) is 52.7 Å². The Kier molecular flexibility index (Phi) is 6.08. The molecule has 0 amide bonds. The van der Waals surface area contributed by atoms with Crippen LogP contribution in [0.3, 0.4) is 0 Å². The molecule has 1 atom stereocenters. The van der Waals surface area contributed by atoms with E-state index in [1.807, 2.05) is 30.5 Å². The molecule has 1 aliphatic carbocycles. The van der Waals surface area contributed by atoms with Crippen LogP contribution in [-0.2, 0) is 6.54 Å². The number of rotatable bonds is 6. The summed E-state index contributed by atoms with van der Waals surface area (Å²) in [6, 6.07) is 17.2. The second kappa shape index (κ2) is 8.73. The van der Waals surface area contributed by atoms with Crippen molar-refractivity contribution in [2.24, 2.45) is 0 Å². The summed E-state index contributed by atoms with van der Waals surface area (Å²) in [5.41, 5.74) is 4.63. The molecule has 0 radical (unpaired) electrons. The average molecular weight is 443 g/mol. The fraction of sp³-hybridized carbons (Fsp3) is 0.217. The number of benzene rings is 2. The Morgan fingerprint density at radius 3 is 2.45 bits per heavy atom. The highest BCUT2D eigenvalue weighted by Gasteiger charge is 2.24. The lowest BCUT2D eigenvalue weighted by molar-refractivity contribution is 0.591. The number of pyridine rings is 1. The zero-order valence-corrected chi connectivity index (χ0v) is 17.8. The number of halogens is 3. The maximum Gasteiger partial charge on any atom is 0.101 e. The molecule has 1 N–H and O–H groups in total. The predicted octanol–water partition coefficient (Wildman–Crippen LogP) is 6.67. The van der Waals surface area contributed by atoms with Crippen molar-refractivity contribution in [2.75, 3.05) is 0 Å². The van der Waals surface area contributed by atoms with Crippen molar-refractivity contribution in [3.63, 3.8) is 0 Å². The highest BCUT2D eigenvalue weighted by atomic mass is 35.5. The van der Waals surface area contributed by atoms with Crippen molar-refractivity contribution in [3.05, 3.63) is 97.7 Å². The first-order chi connectivity index (χ1) is 14.0. The fourth-order valence-corrected chi connectivity index (χ4v) is 3.86. The summed E-state index contributed by atoms with van der Waals surface area (Å²) in [4.78, 5) is 4.72. The molecule has 0 bridgehead atoms. The first-order valence-electron chi connectivity index (χ1n) is 9.38. The number of aromatic nitrogens is 1. The molecule has 1 fully saturated rings. The third-order valence-corrected chi connectivity index (χ3v) is 6.15. The number of nitrogens with zero attached hydrogens (tertiary/aromatic N) is 2. The van der Waals surface area contributed by atoms with Crippen LogP contribution in [0.4, 0.5) is 0 Å².